The van der Waals surface area contributed by atoms with Crippen molar-refractivity contribution in [3.8, 4) is 5.75 Å². The van der Waals surface area contributed by atoms with Crippen molar-refractivity contribution in [3.63, 3.8) is 0 Å². The van der Waals surface area contributed by atoms with Gasteiger partial charge in [0.2, 0.25) is 0 Å². The van der Waals surface area contributed by atoms with Gasteiger partial charge in [-0.3, -0.25) is 4.79 Å². The van der Waals surface area contributed by atoms with Gasteiger partial charge in [-0.05, 0) is 25.1 Å². The Kier molecular flexibility index (Phi) is 4.97. The van der Waals surface area contributed by atoms with Gasteiger partial charge in [0.15, 0.2) is 5.78 Å². The molecule has 0 aliphatic heterocycles. The summed E-state index contributed by atoms with van der Waals surface area (Å²) in [4.78, 5) is 22.7. The average molecular weight is 257 g/mol. The predicted molar refractivity (Wildman–Crippen MR) is 64.0 cm³/mol. The van der Waals surface area contributed by atoms with Gasteiger partial charge in [-0.15, -0.1) is 11.6 Å². The van der Waals surface area contributed by atoms with Gasteiger partial charge < -0.3 is 9.47 Å². The molecule has 5 heteroatoms. The van der Waals surface area contributed by atoms with Gasteiger partial charge in [-0.1, -0.05) is 0 Å². The molecule has 0 spiro atoms. The molecule has 0 saturated heterocycles. The molecule has 4 nitrogen and oxygen atoms in total. The zero-order chi connectivity index (χ0) is 12.8. The quantitative estimate of drug-likeness (QED) is 0.461. The number of ether oxygens (including phenoxy) is 2. The van der Waals surface area contributed by atoms with Crippen LogP contribution in [0.2, 0.25) is 0 Å². The Morgan fingerprint density at radius 3 is 2.59 bits per heavy atom. The number of carbonyl (C=O) groups is 2. The molecule has 92 valence electrons. The highest BCUT2D eigenvalue weighted by Gasteiger charge is 2.15. The molecule has 0 radical (unpaired) electrons. The number of benzene rings is 1. The van der Waals surface area contributed by atoms with E-state index >= 15 is 0 Å². The first-order valence-corrected chi connectivity index (χ1v) is 5.55. The fourth-order valence-electron chi connectivity index (χ4n) is 1.29. The summed E-state index contributed by atoms with van der Waals surface area (Å²) < 4.78 is 9.93. The van der Waals surface area contributed by atoms with Gasteiger partial charge in [0.05, 0.1) is 13.0 Å². The van der Waals surface area contributed by atoms with Crippen LogP contribution in [0.5, 0.6) is 5.75 Å². The summed E-state index contributed by atoms with van der Waals surface area (Å²) in [6, 6.07) is 4.62. The van der Waals surface area contributed by atoms with Crippen LogP contribution in [0.25, 0.3) is 0 Å². The number of hydrogen-bond acceptors (Lipinski definition) is 4. The van der Waals surface area contributed by atoms with Crippen LogP contribution in [-0.4, -0.2) is 31.3 Å². The Morgan fingerprint density at radius 1 is 1.35 bits per heavy atom. The van der Waals surface area contributed by atoms with Crippen LogP contribution in [0.4, 0.5) is 0 Å². The number of Topliss-reactive ketones (excluding diaryl/α,β-unsaturated/α-hetero) is 1. The Morgan fingerprint density at radius 2 is 2.06 bits per heavy atom. The molecule has 0 atom stereocenters. The molecule has 0 heterocycles. The lowest BCUT2D eigenvalue weighted by Gasteiger charge is -2.10. The molecule has 1 aromatic rings. The molecule has 0 aliphatic carbocycles. The Bertz CT molecular complexity index is 429. The van der Waals surface area contributed by atoms with Crippen LogP contribution in [0.3, 0.4) is 0 Å². The molecule has 0 N–H and O–H groups in total. The van der Waals surface area contributed by atoms with Crippen LogP contribution in [0.15, 0.2) is 18.2 Å². The molecular weight excluding hydrogens is 244 g/mol. The molecule has 0 saturated carbocycles. The number of halogens is 1. The summed E-state index contributed by atoms with van der Waals surface area (Å²) in [6.45, 7) is 1.71. The summed E-state index contributed by atoms with van der Waals surface area (Å²) in [6.07, 6.45) is 0. The first kappa shape index (κ1) is 13.5. The molecular formula is C12H13ClO4. The second kappa shape index (κ2) is 6.25. The van der Waals surface area contributed by atoms with Crippen molar-refractivity contribution in [2.45, 2.75) is 6.92 Å². The van der Waals surface area contributed by atoms with E-state index < -0.39 is 5.97 Å². The maximum atomic E-state index is 11.5. The standard InChI is InChI=1S/C12H13ClO4/c1-8(14)9-3-4-11(17-6-5-13)10(7-9)12(15)16-2/h3-4,7H,5-6H2,1-2H3. The van der Waals surface area contributed by atoms with E-state index in [1.807, 2.05) is 0 Å². The van der Waals surface area contributed by atoms with Crippen molar-refractivity contribution in [1.82, 2.24) is 0 Å². The summed E-state index contributed by atoms with van der Waals surface area (Å²) in [7, 11) is 1.27. The van der Waals surface area contributed by atoms with Gasteiger partial charge in [0.1, 0.15) is 17.9 Å². The third-order valence-electron chi connectivity index (χ3n) is 2.13. The summed E-state index contributed by atoms with van der Waals surface area (Å²) in [5.74, 6) is 0.00828. The molecule has 0 aliphatic rings. The van der Waals surface area contributed by atoms with Crippen LogP contribution in [0, 0.1) is 0 Å². The maximum absolute atomic E-state index is 11.5. The van der Waals surface area contributed by atoms with E-state index in [1.54, 1.807) is 12.1 Å². The molecule has 0 amide bonds. The summed E-state index contributed by atoms with van der Waals surface area (Å²) in [5, 5.41) is 0. The summed E-state index contributed by atoms with van der Waals surface area (Å²) in [5.41, 5.74) is 0.661. The van der Waals surface area contributed by atoms with E-state index in [0.717, 1.165) is 0 Å². The normalized spacial score (nSPS) is 9.82. The average Bonchev–Trinajstić information content (AvgIpc) is 2.35. The number of alkyl halides is 1. The van der Waals surface area contributed by atoms with E-state index in [1.165, 1.54) is 20.1 Å². The van der Waals surface area contributed by atoms with E-state index in [2.05, 4.69) is 4.74 Å². The minimum atomic E-state index is -0.544. The van der Waals surface area contributed by atoms with Crippen molar-refractivity contribution >= 4 is 23.4 Å². The first-order chi connectivity index (χ1) is 8.10. The zero-order valence-corrected chi connectivity index (χ0v) is 10.4. The van der Waals surface area contributed by atoms with E-state index in [4.69, 9.17) is 16.3 Å². The fourth-order valence-corrected chi connectivity index (χ4v) is 1.37. The minimum absolute atomic E-state index is 0.126. The zero-order valence-electron chi connectivity index (χ0n) is 9.66. The highest BCUT2D eigenvalue weighted by atomic mass is 35.5. The molecule has 1 aromatic carbocycles. The Balaban J connectivity index is 3.12. The fraction of sp³-hybridized carbons (Fsp3) is 0.333. The van der Waals surface area contributed by atoms with Crippen molar-refractivity contribution < 1.29 is 19.1 Å². The molecule has 1 rings (SSSR count). The number of hydrogen-bond donors (Lipinski definition) is 0. The third-order valence-corrected chi connectivity index (χ3v) is 2.28. The number of carbonyl (C=O) groups excluding carboxylic acids is 2. The van der Waals surface area contributed by atoms with Crippen LogP contribution in [0.1, 0.15) is 27.6 Å². The van der Waals surface area contributed by atoms with Crippen molar-refractivity contribution in [3.05, 3.63) is 29.3 Å². The van der Waals surface area contributed by atoms with E-state index in [-0.39, 0.29) is 18.0 Å². The number of methoxy groups -OCH3 is 1. The van der Waals surface area contributed by atoms with Crippen molar-refractivity contribution in [2.24, 2.45) is 0 Å². The van der Waals surface area contributed by atoms with Crippen LogP contribution in [-0.2, 0) is 4.74 Å². The molecule has 0 fully saturated rings. The van der Waals surface area contributed by atoms with E-state index in [9.17, 15) is 9.59 Å². The first-order valence-electron chi connectivity index (χ1n) is 5.02. The lowest BCUT2D eigenvalue weighted by molar-refractivity contribution is 0.0596. The lowest BCUT2D eigenvalue weighted by Crippen LogP contribution is -2.08. The predicted octanol–water partition coefficient (Wildman–Crippen LogP) is 2.29. The van der Waals surface area contributed by atoms with Gasteiger partial charge in [-0.25, -0.2) is 4.79 Å². The van der Waals surface area contributed by atoms with Gasteiger partial charge in [-0.2, -0.15) is 0 Å². The minimum Gasteiger partial charge on any atom is -0.491 e. The van der Waals surface area contributed by atoms with Gasteiger partial charge in [0, 0.05) is 5.56 Å². The molecule has 0 bridgehead atoms. The Labute approximate surface area is 104 Å². The third kappa shape index (κ3) is 3.46. The Hall–Kier alpha value is -1.55. The maximum Gasteiger partial charge on any atom is 0.341 e. The van der Waals surface area contributed by atoms with Crippen LogP contribution >= 0.6 is 11.6 Å². The van der Waals surface area contributed by atoms with Crippen molar-refractivity contribution in [2.75, 3.05) is 19.6 Å². The molecule has 0 aromatic heterocycles. The second-order valence-corrected chi connectivity index (χ2v) is 3.67. The smallest absolute Gasteiger partial charge is 0.341 e. The molecule has 0 unspecified atom stereocenters. The van der Waals surface area contributed by atoms with Crippen molar-refractivity contribution in [1.29, 1.82) is 0 Å². The monoisotopic (exact) mass is 256 g/mol. The van der Waals surface area contributed by atoms with Gasteiger partial charge >= 0.3 is 5.97 Å². The highest BCUT2D eigenvalue weighted by Crippen LogP contribution is 2.21. The van der Waals surface area contributed by atoms with E-state index in [0.29, 0.717) is 17.2 Å². The lowest BCUT2D eigenvalue weighted by atomic mass is 10.1. The SMILES string of the molecule is COC(=O)c1cc(C(C)=O)ccc1OCCCl. The largest absolute Gasteiger partial charge is 0.491 e. The number of esters is 1. The molecule has 17 heavy (non-hydrogen) atoms. The number of rotatable bonds is 5. The second-order valence-electron chi connectivity index (χ2n) is 3.30. The van der Waals surface area contributed by atoms with Gasteiger partial charge in [0.25, 0.3) is 0 Å². The highest BCUT2D eigenvalue weighted by molar-refractivity contribution is 6.18. The summed E-state index contributed by atoms with van der Waals surface area (Å²) >= 11 is 5.50. The van der Waals surface area contributed by atoms with Crippen LogP contribution < -0.4 is 4.74 Å². The topological polar surface area (TPSA) is 52.6 Å². The number of ketones is 1.